The number of aromatic hydroxyl groups is 1. The van der Waals surface area contributed by atoms with Crippen LogP contribution in [0.25, 0.3) is 11.1 Å². The minimum atomic E-state index is -0.283. The Bertz CT molecular complexity index is 935. The first-order valence-electron chi connectivity index (χ1n) is 10.8. The third-order valence-electron chi connectivity index (χ3n) is 5.72. The van der Waals surface area contributed by atoms with E-state index >= 15 is 0 Å². The quantitative estimate of drug-likeness (QED) is 0.600. The van der Waals surface area contributed by atoms with E-state index in [2.05, 4.69) is 6.92 Å². The second-order valence-electron chi connectivity index (χ2n) is 8.02. The van der Waals surface area contributed by atoms with Gasteiger partial charge in [-0.1, -0.05) is 13.3 Å². The van der Waals surface area contributed by atoms with Crippen molar-refractivity contribution < 1.29 is 28.8 Å². The largest absolute Gasteiger partial charge is 0.507 e. The molecule has 0 spiro atoms. The first-order valence-corrected chi connectivity index (χ1v) is 10.8. The lowest BCUT2D eigenvalue weighted by Crippen LogP contribution is -2.12. The van der Waals surface area contributed by atoms with Crippen LogP contribution in [0.4, 0.5) is 0 Å². The number of methoxy groups -OCH3 is 4. The molecule has 6 nitrogen and oxygen atoms in total. The van der Waals surface area contributed by atoms with Crippen LogP contribution in [0.3, 0.4) is 0 Å². The molecule has 0 fully saturated rings. The summed E-state index contributed by atoms with van der Waals surface area (Å²) in [6, 6.07) is 3.91. The molecule has 1 unspecified atom stereocenters. The maximum Gasteiger partial charge on any atom is 0.203 e. The molecule has 1 aliphatic carbocycles. The van der Waals surface area contributed by atoms with Gasteiger partial charge in [0, 0.05) is 16.7 Å². The van der Waals surface area contributed by atoms with Crippen molar-refractivity contribution >= 4 is 0 Å². The Morgan fingerprint density at radius 1 is 0.935 bits per heavy atom. The van der Waals surface area contributed by atoms with Crippen molar-refractivity contribution in [2.45, 2.75) is 58.7 Å². The summed E-state index contributed by atoms with van der Waals surface area (Å²) in [6.07, 6.45) is 2.82. The fourth-order valence-electron chi connectivity index (χ4n) is 4.49. The average molecular weight is 431 g/mol. The molecule has 3 rings (SSSR count). The van der Waals surface area contributed by atoms with Gasteiger partial charge in [0.05, 0.1) is 40.6 Å². The predicted octanol–water partition coefficient (Wildman–Crippen LogP) is 5.46. The van der Waals surface area contributed by atoms with Gasteiger partial charge in [0.25, 0.3) is 0 Å². The molecular formula is C25H34O6. The lowest BCUT2D eigenvalue weighted by Gasteiger charge is -2.26. The zero-order chi connectivity index (χ0) is 22.7. The van der Waals surface area contributed by atoms with Crippen LogP contribution in [0.5, 0.6) is 28.7 Å². The number of rotatable bonds is 8. The molecule has 1 atom stereocenters. The zero-order valence-corrected chi connectivity index (χ0v) is 19.6. The van der Waals surface area contributed by atoms with Crippen LogP contribution in [0.1, 0.15) is 56.4 Å². The van der Waals surface area contributed by atoms with Crippen molar-refractivity contribution in [2.75, 3.05) is 28.4 Å². The van der Waals surface area contributed by atoms with Crippen LogP contribution in [-0.4, -0.2) is 39.6 Å². The molecule has 31 heavy (non-hydrogen) atoms. The lowest BCUT2D eigenvalue weighted by atomic mass is 9.90. The smallest absolute Gasteiger partial charge is 0.203 e. The summed E-state index contributed by atoms with van der Waals surface area (Å²) >= 11 is 0. The molecule has 1 N–H and O–H groups in total. The van der Waals surface area contributed by atoms with Crippen molar-refractivity contribution in [3.05, 3.63) is 28.8 Å². The minimum absolute atomic E-state index is 0.00487. The van der Waals surface area contributed by atoms with E-state index in [0.29, 0.717) is 29.4 Å². The van der Waals surface area contributed by atoms with E-state index in [4.69, 9.17) is 23.7 Å². The summed E-state index contributed by atoms with van der Waals surface area (Å²) in [5, 5.41) is 11.4. The monoisotopic (exact) mass is 430 g/mol. The first kappa shape index (κ1) is 23.1. The van der Waals surface area contributed by atoms with Crippen LogP contribution < -0.4 is 18.9 Å². The molecule has 0 radical (unpaired) electrons. The van der Waals surface area contributed by atoms with Gasteiger partial charge in [0.2, 0.25) is 5.75 Å². The molecule has 0 amide bonds. The Balaban J connectivity index is 2.45. The lowest BCUT2D eigenvalue weighted by molar-refractivity contribution is 0.00140. The molecule has 170 valence electrons. The summed E-state index contributed by atoms with van der Waals surface area (Å²) in [4.78, 5) is 0. The van der Waals surface area contributed by atoms with Gasteiger partial charge in [-0.3, -0.25) is 0 Å². The van der Waals surface area contributed by atoms with E-state index < -0.39 is 0 Å². The topological polar surface area (TPSA) is 66.4 Å². The maximum absolute atomic E-state index is 11.4. The van der Waals surface area contributed by atoms with E-state index in [1.54, 1.807) is 28.4 Å². The summed E-state index contributed by atoms with van der Waals surface area (Å²) in [5.74, 6) is 2.63. The number of hydrogen-bond acceptors (Lipinski definition) is 6. The number of fused-ring (bicyclic) bond motifs is 3. The molecule has 1 aliphatic rings. The maximum atomic E-state index is 11.4. The molecule has 0 aromatic heterocycles. The van der Waals surface area contributed by atoms with Crippen molar-refractivity contribution in [3.8, 4) is 39.9 Å². The Morgan fingerprint density at radius 3 is 2.16 bits per heavy atom. The zero-order valence-electron chi connectivity index (χ0n) is 19.6. The van der Waals surface area contributed by atoms with Gasteiger partial charge in [-0.2, -0.15) is 0 Å². The highest BCUT2D eigenvalue weighted by atomic mass is 16.5. The van der Waals surface area contributed by atoms with Crippen molar-refractivity contribution in [2.24, 2.45) is 0 Å². The summed E-state index contributed by atoms with van der Waals surface area (Å²) in [7, 11) is 6.47. The molecule has 2 aromatic rings. The van der Waals surface area contributed by atoms with E-state index in [-0.39, 0.29) is 18.0 Å². The third-order valence-corrected chi connectivity index (χ3v) is 5.72. The summed E-state index contributed by atoms with van der Waals surface area (Å²) in [5.41, 5.74) is 4.28. The number of hydrogen-bond donors (Lipinski definition) is 1. The molecule has 0 aliphatic heterocycles. The second kappa shape index (κ2) is 9.69. The minimum Gasteiger partial charge on any atom is -0.507 e. The predicted molar refractivity (Wildman–Crippen MR) is 121 cm³/mol. The number of benzene rings is 2. The van der Waals surface area contributed by atoms with Crippen molar-refractivity contribution in [1.82, 2.24) is 0 Å². The van der Waals surface area contributed by atoms with Crippen LogP contribution in [0.2, 0.25) is 0 Å². The van der Waals surface area contributed by atoms with E-state index in [9.17, 15) is 5.11 Å². The van der Waals surface area contributed by atoms with Crippen molar-refractivity contribution in [3.63, 3.8) is 0 Å². The van der Waals surface area contributed by atoms with Gasteiger partial charge in [0.15, 0.2) is 11.5 Å². The molecular weight excluding hydrogens is 396 g/mol. The molecule has 0 saturated carbocycles. The normalized spacial score (nSPS) is 15.2. The van der Waals surface area contributed by atoms with Crippen LogP contribution in [0, 0.1) is 0 Å². The Hall–Kier alpha value is -2.60. The second-order valence-corrected chi connectivity index (χ2v) is 8.02. The van der Waals surface area contributed by atoms with Gasteiger partial charge in [-0.25, -0.2) is 0 Å². The molecule has 0 bridgehead atoms. The molecule has 2 aromatic carbocycles. The third kappa shape index (κ3) is 4.13. The Morgan fingerprint density at radius 2 is 1.61 bits per heavy atom. The Labute approximate surface area is 185 Å². The van der Waals surface area contributed by atoms with Crippen molar-refractivity contribution in [1.29, 1.82) is 0 Å². The van der Waals surface area contributed by atoms with Crippen LogP contribution >= 0.6 is 0 Å². The Kier molecular flexibility index (Phi) is 7.21. The van der Waals surface area contributed by atoms with Gasteiger partial charge in [-0.05, 0) is 56.4 Å². The van der Waals surface area contributed by atoms with Crippen LogP contribution in [0.15, 0.2) is 12.1 Å². The van der Waals surface area contributed by atoms with Gasteiger partial charge in [-0.15, -0.1) is 0 Å². The average Bonchev–Trinajstić information content (AvgIpc) is 2.91. The standard InChI is InChI=1S/C25H34O6/c1-8-9-16-13-18(27-4)21-20-15(12-19(28-5)24(29-6)25(20)30-7)10-11-17(31-14(2)3)22(21)23(16)26/h12-14,17,26H,8-11H2,1-7H3. The van der Waals surface area contributed by atoms with E-state index in [1.165, 1.54) is 0 Å². The number of aryl methyl sites for hydroxylation is 2. The van der Waals surface area contributed by atoms with E-state index in [0.717, 1.165) is 47.1 Å². The number of phenols is 1. The van der Waals surface area contributed by atoms with Gasteiger partial charge in [0.1, 0.15) is 11.5 Å². The fraction of sp³-hybridized carbons (Fsp3) is 0.520. The van der Waals surface area contributed by atoms with Gasteiger partial charge >= 0.3 is 0 Å². The van der Waals surface area contributed by atoms with Gasteiger partial charge < -0.3 is 28.8 Å². The molecule has 0 heterocycles. The number of phenolic OH excluding ortho intramolecular Hbond substituents is 1. The number of ether oxygens (including phenoxy) is 5. The van der Waals surface area contributed by atoms with Crippen LogP contribution in [-0.2, 0) is 17.6 Å². The molecule has 6 heteroatoms. The highest BCUT2D eigenvalue weighted by Gasteiger charge is 2.34. The fourth-order valence-corrected chi connectivity index (χ4v) is 4.49. The highest BCUT2D eigenvalue weighted by molar-refractivity contribution is 5.88. The highest BCUT2D eigenvalue weighted by Crippen LogP contribution is 2.56. The summed E-state index contributed by atoms with van der Waals surface area (Å²) < 4.78 is 29.2. The summed E-state index contributed by atoms with van der Waals surface area (Å²) in [6.45, 7) is 6.11. The SMILES string of the molecule is CCCc1cc(OC)c2c(c1O)C(OC(C)C)CCc1cc(OC)c(OC)c(OC)c1-2. The van der Waals surface area contributed by atoms with E-state index in [1.807, 2.05) is 26.0 Å². The molecule has 0 saturated heterocycles. The first-order chi connectivity index (χ1) is 14.9.